The highest BCUT2D eigenvalue weighted by atomic mass is 35.5. The zero-order valence-electron chi connectivity index (χ0n) is 10.5. The van der Waals surface area contributed by atoms with Gasteiger partial charge in [-0.3, -0.25) is 0 Å². The lowest BCUT2D eigenvalue weighted by atomic mass is 9.94. The Hall–Kier alpha value is -1.66. The zero-order valence-corrected chi connectivity index (χ0v) is 12.0. The van der Waals surface area contributed by atoms with Crippen molar-refractivity contribution in [3.05, 3.63) is 38.9 Å². The third kappa shape index (κ3) is 2.62. The molecule has 0 fully saturated rings. The fourth-order valence-corrected chi connectivity index (χ4v) is 3.75. The summed E-state index contributed by atoms with van der Waals surface area (Å²) in [4.78, 5) is 20.0. The second kappa shape index (κ2) is 5.38. The topological polar surface area (TPSA) is 75.1 Å². The van der Waals surface area contributed by atoms with Crippen LogP contribution in [0.2, 0.25) is 4.34 Å². The van der Waals surface area contributed by atoms with Crippen molar-refractivity contribution < 1.29 is 9.90 Å². The highest BCUT2D eigenvalue weighted by Crippen LogP contribution is 2.39. The Morgan fingerprint density at radius 1 is 1.45 bits per heavy atom. The van der Waals surface area contributed by atoms with Crippen molar-refractivity contribution in [2.75, 3.05) is 5.32 Å². The fourth-order valence-electron chi connectivity index (χ4n) is 2.36. The normalized spacial score (nSPS) is 17.6. The zero-order chi connectivity index (χ0) is 14.1. The van der Waals surface area contributed by atoms with Gasteiger partial charge in [0.2, 0.25) is 0 Å². The van der Waals surface area contributed by atoms with Gasteiger partial charge in [-0.25, -0.2) is 14.8 Å². The van der Waals surface area contributed by atoms with E-state index in [1.807, 2.05) is 6.07 Å². The number of aromatic carboxylic acids is 1. The second-order valence-corrected chi connectivity index (χ2v) is 6.38. The molecular weight excluding hydrogens is 298 g/mol. The molecule has 0 amide bonds. The molecule has 1 atom stereocenters. The number of carboxylic acid groups (broad SMARTS) is 1. The molecule has 0 radical (unpaired) electrons. The number of aryl methyl sites for hydroxylation is 1. The Morgan fingerprint density at radius 3 is 3.00 bits per heavy atom. The highest BCUT2D eigenvalue weighted by molar-refractivity contribution is 7.16. The van der Waals surface area contributed by atoms with Crippen molar-refractivity contribution in [2.24, 2.45) is 0 Å². The van der Waals surface area contributed by atoms with Gasteiger partial charge in [-0.1, -0.05) is 11.6 Å². The van der Waals surface area contributed by atoms with Gasteiger partial charge < -0.3 is 10.4 Å². The highest BCUT2D eigenvalue weighted by Gasteiger charge is 2.23. The Balaban J connectivity index is 1.80. The van der Waals surface area contributed by atoms with E-state index >= 15 is 0 Å². The molecule has 2 aromatic heterocycles. The summed E-state index contributed by atoms with van der Waals surface area (Å²) in [5, 5.41) is 12.1. The number of carbonyl (C=O) groups is 1. The lowest BCUT2D eigenvalue weighted by molar-refractivity contribution is 0.0690. The number of nitrogens with one attached hydrogen (secondary N) is 1. The molecule has 2 N–H and O–H groups in total. The minimum absolute atomic E-state index is 0.0570. The van der Waals surface area contributed by atoms with E-state index < -0.39 is 5.97 Å². The van der Waals surface area contributed by atoms with Crippen LogP contribution in [0.1, 0.15) is 39.8 Å². The van der Waals surface area contributed by atoms with Crippen LogP contribution in [0.4, 0.5) is 5.82 Å². The second-order valence-electron chi connectivity index (χ2n) is 4.61. The van der Waals surface area contributed by atoms with Crippen LogP contribution in [0, 0.1) is 0 Å². The number of anilines is 1. The van der Waals surface area contributed by atoms with E-state index in [0.717, 1.165) is 23.6 Å². The summed E-state index contributed by atoms with van der Waals surface area (Å²) in [6.45, 7) is 0. The van der Waals surface area contributed by atoms with E-state index in [1.165, 1.54) is 22.8 Å². The molecule has 1 unspecified atom stereocenters. The molecule has 0 bridgehead atoms. The molecule has 0 aromatic carbocycles. The van der Waals surface area contributed by atoms with Gasteiger partial charge in [0, 0.05) is 4.88 Å². The number of thiophene rings is 1. The molecule has 0 saturated carbocycles. The summed E-state index contributed by atoms with van der Waals surface area (Å²) >= 11 is 7.69. The molecule has 1 aliphatic rings. The molecule has 0 spiro atoms. The van der Waals surface area contributed by atoms with Crippen LogP contribution >= 0.6 is 22.9 Å². The van der Waals surface area contributed by atoms with E-state index in [4.69, 9.17) is 16.7 Å². The van der Waals surface area contributed by atoms with Crippen LogP contribution in [0.5, 0.6) is 0 Å². The molecule has 104 valence electrons. The SMILES string of the molecule is O=C(O)c1cnc(NC2CCCc3sc(Cl)cc32)cn1. The van der Waals surface area contributed by atoms with Crippen LogP contribution < -0.4 is 5.32 Å². The lowest BCUT2D eigenvalue weighted by Gasteiger charge is -2.23. The third-order valence-electron chi connectivity index (χ3n) is 3.28. The smallest absolute Gasteiger partial charge is 0.356 e. The van der Waals surface area contributed by atoms with Gasteiger partial charge >= 0.3 is 5.97 Å². The van der Waals surface area contributed by atoms with Crippen molar-refractivity contribution in [3.8, 4) is 0 Å². The van der Waals surface area contributed by atoms with E-state index in [0.29, 0.717) is 5.82 Å². The van der Waals surface area contributed by atoms with Crippen LogP contribution in [-0.2, 0) is 6.42 Å². The molecule has 1 aliphatic carbocycles. The van der Waals surface area contributed by atoms with Gasteiger partial charge in [0.15, 0.2) is 5.69 Å². The number of hydrogen-bond donors (Lipinski definition) is 2. The van der Waals surface area contributed by atoms with E-state index in [9.17, 15) is 4.79 Å². The molecule has 0 saturated heterocycles. The summed E-state index contributed by atoms with van der Waals surface area (Å²) in [7, 11) is 0. The summed E-state index contributed by atoms with van der Waals surface area (Å²) < 4.78 is 0.802. The molecular formula is C13H12ClN3O2S. The van der Waals surface area contributed by atoms with Crippen molar-refractivity contribution >= 4 is 34.7 Å². The minimum Gasteiger partial charge on any atom is -0.476 e. The first-order valence-electron chi connectivity index (χ1n) is 6.23. The largest absolute Gasteiger partial charge is 0.476 e. The van der Waals surface area contributed by atoms with Crippen molar-refractivity contribution in [1.29, 1.82) is 0 Å². The summed E-state index contributed by atoms with van der Waals surface area (Å²) in [5.41, 5.74) is 1.16. The molecule has 0 aliphatic heterocycles. The number of nitrogens with zero attached hydrogens (tertiary/aromatic N) is 2. The predicted molar refractivity (Wildman–Crippen MR) is 77.6 cm³/mol. The van der Waals surface area contributed by atoms with Crippen LogP contribution in [-0.4, -0.2) is 21.0 Å². The van der Waals surface area contributed by atoms with Gasteiger partial charge in [-0.05, 0) is 30.9 Å². The maximum absolute atomic E-state index is 10.7. The van der Waals surface area contributed by atoms with Crippen LogP contribution in [0.25, 0.3) is 0 Å². The number of aromatic nitrogens is 2. The van der Waals surface area contributed by atoms with E-state index in [-0.39, 0.29) is 11.7 Å². The Morgan fingerprint density at radius 2 is 2.30 bits per heavy atom. The van der Waals surface area contributed by atoms with Crippen LogP contribution in [0.15, 0.2) is 18.5 Å². The minimum atomic E-state index is -1.08. The molecule has 2 heterocycles. The number of carboxylic acids is 1. The first kappa shape index (κ1) is 13.3. The van der Waals surface area contributed by atoms with Gasteiger partial charge in [-0.2, -0.15) is 0 Å². The quantitative estimate of drug-likeness (QED) is 0.909. The van der Waals surface area contributed by atoms with Crippen molar-refractivity contribution in [3.63, 3.8) is 0 Å². The van der Waals surface area contributed by atoms with Crippen LogP contribution in [0.3, 0.4) is 0 Å². The maximum atomic E-state index is 10.7. The summed E-state index contributed by atoms with van der Waals surface area (Å²) in [5.74, 6) is -0.496. The number of hydrogen-bond acceptors (Lipinski definition) is 5. The molecule has 5 nitrogen and oxygen atoms in total. The summed E-state index contributed by atoms with van der Waals surface area (Å²) in [6, 6.07) is 2.16. The Bertz CT molecular complexity index is 642. The molecule has 7 heteroatoms. The van der Waals surface area contributed by atoms with Crippen molar-refractivity contribution in [1.82, 2.24) is 9.97 Å². The average molecular weight is 310 g/mol. The van der Waals surface area contributed by atoms with E-state index in [1.54, 1.807) is 11.3 Å². The number of fused-ring (bicyclic) bond motifs is 1. The molecule has 20 heavy (non-hydrogen) atoms. The predicted octanol–water partition coefficient (Wildman–Crippen LogP) is 3.38. The third-order valence-corrected chi connectivity index (χ3v) is 4.62. The van der Waals surface area contributed by atoms with Gasteiger partial charge in [-0.15, -0.1) is 11.3 Å². The first-order chi connectivity index (χ1) is 9.63. The molecule has 3 rings (SSSR count). The lowest BCUT2D eigenvalue weighted by Crippen LogP contribution is -2.16. The van der Waals surface area contributed by atoms with Gasteiger partial charge in [0.05, 0.1) is 22.8 Å². The fraction of sp³-hybridized carbons (Fsp3) is 0.308. The Kier molecular flexibility index (Phi) is 3.58. The maximum Gasteiger partial charge on any atom is 0.356 e. The van der Waals surface area contributed by atoms with Gasteiger partial charge in [0.25, 0.3) is 0 Å². The standard InChI is InChI=1S/C13H12ClN3O2S/c14-11-4-7-8(2-1-3-10(7)20-11)17-12-6-15-9(5-16-12)13(18)19/h4-6,8H,1-3H2,(H,16,17)(H,18,19). The number of rotatable bonds is 3. The van der Waals surface area contributed by atoms with Crippen molar-refractivity contribution in [2.45, 2.75) is 25.3 Å². The monoisotopic (exact) mass is 309 g/mol. The summed E-state index contributed by atoms with van der Waals surface area (Å²) in [6.07, 6.45) is 5.87. The molecule has 2 aromatic rings. The Labute approximate surface area is 124 Å². The number of halogens is 1. The van der Waals surface area contributed by atoms with Gasteiger partial charge in [0.1, 0.15) is 5.82 Å². The van der Waals surface area contributed by atoms with E-state index in [2.05, 4.69) is 15.3 Å². The first-order valence-corrected chi connectivity index (χ1v) is 7.43. The average Bonchev–Trinajstić information content (AvgIpc) is 2.81.